The van der Waals surface area contributed by atoms with Crippen molar-refractivity contribution >= 4 is 46.9 Å². The van der Waals surface area contributed by atoms with Crippen LogP contribution in [0.3, 0.4) is 0 Å². The van der Waals surface area contributed by atoms with E-state index in [0.29, 0.717) is 17.9 Å². The third kappa shape index (κ3) is 4.72. The Labute approximate surface area is 215 Å². The quantitative estimate of drug-likeness (QED) is 0.230. The summed E-state index contributed by atoms with van der Waals surface area (Å²) < 4.78 is 7.05. The number of ether oxygens (including phenoxy) is 1. The molecule has 0 bridgehead atoms. The van der Waals surface area contributed by atoms with Crippen LogP contribution in [-0.2, 0) is 20.7 Å². The number of thiocarbonyl (C=S) groups is 1. The van der Waals surface area contributed by atoms with Crippen LogP contribution in [0.15, 0.2) is 60.2 Å². The van der Waals surface area contributed by atoms with E-state index in [-0.39, 0.29) is 16.7 Å². The molecule has 1 saturated heterocycles. The molecule has 4 rings (SSSR count). The van der Waals surface area contributed by atoms with Gasteiger partial charge in [-0.25, -0.2) is 4.79 Å². The Bertz CT molecular complexity index is 1390. The number of amides is 2. The van der Waals surface area contributed by atoms with Gasteiger partial charge in [0.2, 0.25) is 0 Å². The molecule has 0 saturated carbocycles. The fraction of sp³-hybridized carbons (Fsp3) is 0.214. The van der Waals surface area contributed by atoms with Gasteiger partial charge in [0.05, 0.1) is 17.9 Å². The molecule has 1 aromatic heterocycles. The first kappa shape index (κ1) is 25.1. The second kappa shape index (κ2) is 10.3. The van der Waals surface area contributed by atoms with Crippen LogP contribution in [0.1, 0.15) is 46.7 Å². The van der Waals surface area contributed by atoms with Crippen molar-refractivity contribution in [1.82, 2.24) is 9.88 Å². The van der Waals surface area contributed by atoms with Crippen LogP contribution in [0.4, 0.5) is 5.69 Å². The first-order chi connectivity index (χ1) is 17.2. The molecular formula is C28H27N3O4S. The van der Waals surface area contributed by atoms with Gasteiger partial charge >= 0.3 is 5.97 Å². The number of carbonyl (C=O) groups is 3. The van der Waals surface area contributed by atoms with Gasteiger partial charge in [0, 0.05) is 17.1 Å². The maximum atomic E-state index is 13.4. The summed E-state index contributed by atoms with van der Waals surface area (Å²) in [6.07, 6.45) is 2.47. The van der Waals surface area contributed by atoms with Crippen LogP contribution in [0, 0.1) is 13.8 Å². The number of hydrogen-bond acceptors (Lipinski definition) is 5. The van der Waals surface area contributed by atoms with Crippen molar-refractivity contribution in [1.29, 1.82) is 0 Å². The molecule has 2 heterocycles. The second-order valence-electron chi connectivity index (χ2n) is 8.41. The van der Waals surface area contributed by atoms with E-state index in [4.69, 9.17) is 17.0 Å². The Balaban J connectivity index is 1.68. The Hall–Kier alpha value is -4.04. The van der Waals surface area contributed by atoms with Crippen molar-refractivity contribution < 1.29 is 19.1 Å². The molecule has 36 heavy (non-hydrogen) atoms. The zero-order valence-corrected chi connectivity index (χ0v) is 21.4. The first-order valence-electron chi connectivity index (χ1n) is 11.7. The molecule has 8 heteroatoms. The highest BCUT2D eigenvalue weighted by atomic mass is 32.1. The molecule has 3 aromatic rings. The fourth-order valence-corrected chi connectivity index (χ4v) is 4.50. The minimum Gasteiger partial charge on any atom is -0.462 e. The molecule has 7 nitrogen and oxygen atoms in total. The molecule has 0 spiro atoms. The number of anilines is 1. The van der Waals surface area contributed by atoms with Gasteiger partial charge in [-0.3, -0.25) is 19.8 Å². The summed E-state index contributed by atoms with van der Waals surface area (Å²) in [6, 6.07) is 16.5. The van der Waals surface area contributed by atoms with Crippen molar-refractivity contribution in [2.24, 2.45) is 0 Å². The number of nitrogens with zero attached hydrogens (tertiary/aromatic N) is 2. The van der Waals surface area contributed by atoms with Crippen LogP contribution in [0.5, 0.6) is 0 Å². The monoisotopic (exact) mass is 501 g/mol. The maximum Gasteiger partial charge on any atom is 0.338 e. The minimum atomic E-state index is -0.532. The molecule has 1 N–H and O–H groups in total. The van der Waals surface area contributed by atoms with Crippen LogP contribution in [0.25, 0.3) is 11.8 Å². The number of aromatic nitrogens is 1. The summed E-state index contributed by atoms with van der Waals surface area (Å²) in [5.41, 5.74) is 5.54. The van der Waals surface area contributed by atoms with Crippen molar-refractivity contribution in [2.75, 3.05) is 11.5 Å². The van der Waals surface area contributed by atoms with E-state index >= 15 is 0 Å². The molecule has 1 aliphatic rings. The zero-order chi connectivity index (χ0) is 26.0. The summed E-state index contributed by atoms with van der Waals surface area (Å²) >= 11 is 5.31. The number of hydrogen-bond donors (Lipinski definition) is 1. The number of carbonyl (C=O) groups excluding carboxylic acids is 3. The third-order valence-electron chi connectivity index (χ3n) is 6.11. The van der Waals surface area contributed by atoms with Gasteiger partial charge in [-0.05, 0) is 99.1 Å². The Morgan fingerprint density at radius 1 is 1.00 bits per heavy atom. The average molecular weight is 502 g/mol. The molecule has 2 aromatic carbocycles. The van der Waals surface area contributed by atoms with Gasteiger partial charge in [0.25, 0.3) is 11.8 Å². The number of benzene rings is 2. The van der Waals surface area contributed by atoms with Gasteiger partial charge in [0.15, 0.2) is 5.11 Å². The zero-order valence-electron chi connectivity index (χ0n) is 20.6. The Kier molecular flexibility index (Phi) is 7.17. The van der Waals surface area contributed by atoms with Gasteiger partial charge in [-0.2, -0.15) is 0 Å². The van der Waals surface area contributed by atoms with Crippen LogP contribution in [-0.4, -0.2) is 34.1 Å². The van der Waals surface area contributed by atoms with E-state index in [9.17, 15) is 14.4 Å². The molecule has 184 valence electrons. The van der Waals surface area contributed by atoms with Gasteiger partial charge in [-0.1, -0.05) is 19.1 Å². The molecule has 0 unspecified atom stereocenters. The van der Waals surface area contributed by atoms with Gasteiger partial charge < -0.3 is 9.30 Å². The van der Waals surface area contributed by atoms with E-state index < -0.39 is 11.8 Å². The van der Waals surface area contributed by atoms with E-state index in [1.807, 2.05) is 60.9 Å². The smallest absolute Gasteiger partial charge is 0.338 e. The number of aryl methyl sites for hydroxylation is 2. The second-order valence-corrected chi connectivity index (χ2v) is 8.79. The lowest BCUT2D eigenvalue weighted by Gasteiger charge is -2.29. The van der Waals surface area contributed by atoms with Crippen LogP contribution >= 0.6 is 12.2 Å². The average Bonchev–Trinajstić information content (AvgIpc) is 3.14. The van der Waals surface area contributed by atoms with Gasteiger partial charge in [-0.15, -0.1) is 0 Å². The number of rotatable bonds is 6. The van der Waals surface area contributed by atoms with E-state index in [1.54, 1.807) is 25.1 Å². The first-order valence-corrected chi connectivity index (χ1v) is 12.1. The topological polar surface area (TPSA) is 80.6 Å². The van der Waals surface area contributed by atoms with Crippen LogP contribution < -0.4 is 10.2 Å². The lowest BCUT2D eigenvalue weighted by Crippen LogP contribution is -2.54. The summed E-state index contributed by atoms with van der Waals surface area (Å²) in [4.78, 5) is 39.5. The number of esters is 1. The van der Waals surface area contributed by atoms with Crippen LogP contribution in [0.2, 0.25) is 0 Å². The summed E-state index contributed by atoms with van der Waals surface area (Å²) in [5.74, 6) is -1.38. The molecular weight excluding hydrogens is 474 g/mol. The molecule has 0 atom stereocenters. The Morgan fingerprint density at radius 3 is 2.25 bits per heavy atom. The minimum absolute atomic E-state index is 0.000997. The van der Waals surface area contributed by atoms with Crippen molar-refractivity contribution in [3.8, 4) is 5.69 Å². The highest BCUT2D eigenvalue weighted by Crippen LogP contribution is 2.26. The number of nitrogens with one attached hydrogen (secondary N) is 1. The lowest BCUT2D eigenvalue weighted by atomic mass is 10.1. The summed E-state index contributed by atoms with van der Waals surface area (Å²) in [6.45, 7) is 7.98. The fourth-order valence-electron chi connectivity index (χ4n) is 4.22. The predicted molar refractivity (Wildman–Crippen MR) is 143 cm³/mol. The normalized spacial score (nSPS) is 14.8. The molecule has 0 radical (unpaired) electrons. The van der Waals surface area contributed by atoms with E-state index in [0.717, 1.165) is 34.6 Å². The standard InChI is InChI=1S/C28H27N3O4S/c1-5-19-7-11-23(12-8-19)31-26(33)24(25(32)29-28(31)36)16-21-15-17(3)30(18(21)4)22-13-9-20(10-14-22)27(34)35-6-2/h7-16H,5-6H2,1-4H3,(H,29,32,36)/b24-16+. The van der Waals surface area contributed by atoms with Crippen molar-refractivity contribution in [3.05, 3.63) is 88.2 Å². The predicted octanol–water partition coefficient (Wildman–Crippen LogP) is 4.66. The van der Waals surface area contributed by atoms with E-state index in [1.165, 1.54) is 4.90 Å². The summed E-state index contributed by atoms with van der Waals surface area (Å²) in [5, 5.41) is 2.69. The molecule has 1 fully saturated rings. The lowest BCUT2D eigenvalue weighted by molar-refractivity contribution is -0.122. The van der Waals surface area contributed by atoms with Crippen molar-refractivity contribution in [2.45, 2.75) is 34.1 Å². The SMILES string of the molecule is CCOC(=O)c1ccc(-n2c(C)cc(/C=C3\C(=O)NC(=S)N(c4ccc(CC)cc4)C3=O)c2C)cc1. The Morgan fingerprint density at radius 2 is 1.64 bits per heavy atom. The highest BCUT2D eigenvalue weighted by Gasteiger charge is 2.34. The molecule has 1 aliphatic heterocycles. The third-order valence-corrected chi connectivity index (χ3v) is 6.40. The van der Waals surface area contributed by atoms with Crippen molar-refractivity contribution in [3.63, 3.8) is 0 Å². The maximum absolute atomic E-state index is 13.4. The molecule has 2 amide bonds. The van der Waals surface area contributed by atoms with E-state index in [2.05, 4.69) is 12.2 Å². The largest absolute Gasteiger partial charge is 0.462 e. The highest BCUT2D eigenvalue weighted by molar-refractivity contribution is 7.80. The van der Waals surface area contributed by atoms with Gasteiger partial charge in [0.1, 0.15) is 5.57 Å². The summed E-state index contributed by atoms with van der Waals surface area (Å²) in [7, 11) is 0. The molecule has 0 aliphatic carbocycles.